The Bertz CT molecular complexity index is 853. The van der Waals surface area contributed by atoms with Crippen molar-refractivity contribution < 1.29 is 19.0 Å². The first-order valence-corrected chi connectivity index (χ1v) is 7.92. The third-order valence-electron chi connectivity index (χ3n) is 4.80. The second-order valence-electron chi connectivity index (χ2n) is 6.39. The molecule has 2 unspecified atom stereocenters. The average Bonchev–Trinajstić information content (AvgIpc) is 3.01. The number of hydrogen-bond acceptors (Lipinski definition) is 4. The maximum atomic E-state index is 12.8. The van der Waals surface area contributed by atoms with Crippen molar-refractivity contribution in [2.75, 3.05) is 11.7 Å². The Balaban J connectivity index is 1.59. The predicted octanol–water partition coefficient (Wildman–Crippen LogP) is 3.18. The molecule has 2 atom stereocenters. The largest absolute Gasteiger partial charge is 0.467 e. The van der Waals surface area contributed by atoms with Gasteiger partial charge >= 0.3 is 6.03 Å². The van der Waals surface area contributed by atoms with Crippen LogP contribution in [0.3, 0.4) is 0 Å². The summed E-state index contributed by atoms with van der Waals surface area (Å²) in [7, 11) is 0. The number of fused-ring (bicyclic) bond motifs is 5. The van der Waals surface area contributed by atoms with Crippen molar-refractivity contribution in [1.82, 2.24) is 5.32 Å². The molecule has 3 heterocycles. The lowest BCUT2D eigenvalue weighted by Crippen LogP contribution is -2.65. The number of anilines is 1. The maximum Gasteiger partial charge on any atom is 0.325 e. The van der Waals surface area contributed by atoms with Crippen molar-refractivity contribution in [3.63, 3.8) is 0 Å². The topological polar surface area (TPSA) is 60.0 Å². The monoisotopic (exact) mass is 324 g/mol. The Hall–Kier alpha value is -2.89. The Kier molecular flexibility index (Phi) is 2.58. The van der Waals surface area contributed by atoms with E-state index in [1.54, 1.807) is 4.90 Å². The minimum atomic E-state index is -0.755. The van der Waals surface area contributed by atoms with Crippen molar-refractivity contribution in [1.29, 1.82) is 0 Å². The molecule has 24 heavy (non-hydrogen) atoms. The summed E-state index contributed by atoms with van der Waals surface area (Å²) in [5.41, 5.74) is 0.987. The van der Waals surface area contributed by atoms with Gasteiger partial charge in [-0.15, -0.1) is 0 Å². The van der Waals surface area contributed by atoms with Crippen LogP contribution in [0.1, 0.15) is 24.9 Å². The summed E-state index contributed by atoms with van der Waals surface area (Å²) in [6.45, 7) is 2.15. The third kappa shape index (κ3) is 1.79. The van der Waals surface area contributed by atoms with Crippen molar-refractivity contribution in [3.05, 3.63) is 48.0 Å². The predicted molar refractivity (Wildman–Crippen MR) is 86.4 cm³/mol. The summed E-state index contributed by atoms with van der Waals surface area (Å²) < 4.78 is 17.0. The number of carbonyl (C=O) groups is 1. The molecular formula is C18H16N2O4. The molecule has 3 aliphatic heterocycles. The number of amides is 2. The van der Waals surface area contributed by atoms with Gasteiger partial charge in [-0.3, -0.25) is 4.90 Å². The Morgan fingerprint density at radius 1 is 1.12 bits per heavy atom. The van der Waals surface area contributed by atoms with E-state index in [9.17, 15) is 4.79 Å². The number of rotatable bonds is 1. The van der Waals surface area contributed by atoms with Gasteiger partial charge in [-0.25, -0.2) is 4.79 Å². The number of hydrogen-bond donors (Lipinski definition) is 1. The second kappa shape index (κ2) is 4.56. The van der Waals surface area contributed by atoms with E-state index >= 15 is 0 Å². The minimum absolute atomic E-state index is 0.0438. The number of carbonyl (C=O) groups excluding carboxylic acids is 1. The van der Waals surface area contributed by atoms with Crippen LogP contribution in [-0.2, 0) is 0 Å². The zero-order chi connectivity index (χ0) is 16.3. The second-order valence-corrected chi connectivity index (χ2v) is 6.39. The van der Waals surface area contributed by atoms with Crippen molar-refractivity contribution in [2.45, 2.75) is 25.1 Å². The molecule has 5 rings (SSSR count). The van der Waals surface area contributed by atoms with Crippen LogP contribution < -0.4 is 24.4 Å². The van der Waals surface area contributed by atoms with Gasteiger partial charge in [-0.1, -0.05) is 18.2 Å². The summed E-state index contributed by atoms with van der Waals surface area (Å²) in [6, 6.07) is 13.1. The van der Waals surface area contributed by atoms with Gasteiger partial charge in [-0.05, 0) is 25.1 Å². The molecule has 2 amide bonds. The fourth-order valence-corrected chi connectivity index (χ4v) is 3.74. The Labute approximate surface area is 138 Å². The number of urea groups is 1. The smallest absolute Gasteiger partial charge is 0.325 e. The highest BCUT2D eigenvalue weighted by Crippen LogP contribution is 2.46. The van der Waals surface area contributed by atoms with E-state index in [1.165, 1.54) is 0 Å². The van der Waals surface area contributed by atoms with Crippen LogP contribution in [0.4, 0.5) is 10.5 Å². The van der Waals surface area contributed by atoms with Crippen molar-refractivity contribution in [2.24, 2.45) is 0 Å². The zero-order valence-electron chi connectivity index (χ0n) is 13.1. The lowest BCUT2D eigenvalue weighted by atomic mass is 9.90. The molecule has 2 aromatic carbocycles. The first-order valence-electron chi connectivity index (χ1n) is 7.92. The Morgan fingerprint density at radius 2 is 1.96 bits per heavy atom. The van der Waals surface area contributed by atoms with E-state index in [0.29, 0.717) is 17.9 Å². The van der Waals surface area contributed by atoms with E-state index in [2.05, 4.69) is 5.32 Å². The van der Waals surface area contributed by atoms with E-state index in [1.807, 2.05) is 49.4 Å². The molecule has 6 heteroatoms. The highest BCUT2D eigenvalue weighted by molar-refractivity contribution is 5.95. The van der Waals surface area contributed by atoms with Gasteiger partial charge in [0.1, 0.15) is 5.75 Å². The molecule has 0 aromatic heterocycles. The van der Waals surface area contributed by atoms with Crippen LogP contribution in [0.5, 0.6) is 17.2 Å². The van der Waals surface area contributed by atoms with Crippen molar-refractivity contribution in [3.8, 4) is 17.2 Å². The summed E-state index contributed by atoms with van der Waals surface area (Å²) in [6.07, 6.45) is 0.671. The molecule has 2 bridgehead atoms. The van der Waals surface area contributed by atoms with E-state index in [0.717, 1.165) is 17.0 Å². The number of ether oxygens (including phenoxy) is 3. The molecule has 1 saturated heterocycles. The SMILES string of the molecule is CC12CC(NC(=O)N1c1ccc3c(c1)OCO3)c1ccccc1O2. The van der Waals surface area contributed by atoms with E-state index in [4.69, 9.17) is 14.2 Å². The fourth-order valence-electron chi connectivity index (χ4n) is 3.74. The molecule has 0 aliphatic carbocycles. The lowest BCUT2D eigenvalue weighted by Gasteiger charge is -2.50. The molecule has 0 spiro atoms. The standard InChI is InChI=1S/C18H16N2O4/c1-18-9-13(12-4-2-3-5-14(12)24-18)19-17(21)20(18)11-6-7-15-16(8-11)23-10-22-15/h2-8,13H,9-10H2,1H3,(H,19,21). The quantitative estimate of drug-likeness (QED) is 0.875. The molecule has 0 radical (unpaired) electrons. The molecule has 1 N–H and O–H groups in total. The van der Waals surface area contributed by atoms with E-state index in [-0.39, 0.29) is 18.9 Å². The molecule has 3 aliphatic rings. The van der Waals surface area contributed by atoms with Gasteiger partial charge in [0, 0.05) is 18.1 Å². The summed E-state index contributed by atoms with van der Waals surface area (Å²) in [4.78, 5) is 14.4. The maximum absolute atomic E-state index is 12.8. The number of nitrogens with zero attached hydrogens (tertiary/aromatic N) is 1. The molecule has 122 valence electrons. The van der Waals surface area contributed by atoms with Crippen LogP contribution in [0.25, 0.3) is 0 Å². The van der Waals surface area contributed by atoms with Crippen molar-refractivity contribution >= 4 is 11.7 Å². The van der Waals surface area contributed by atoms with Gasteiger partial charge in [0.25, 0.3) is 0 Å². The summed E-state index contributed by atoms with van der Waals surface area (Å²) >= 11 is 0. The number of para-hydroxylation sites is 1. The zero-order valence-corrected chi connectivity index (χ0v) is 13.1. The number of nitrogens with one attached hydrogen (secondary N) is 1. The van der Waals surface area contributed by atoms with Gasteiger partial charge in [-0.2, -0.15) is 0 Å². The normalized spacial score (nSPS) is 26.5. The third-order valence-corrected chi connectivity index (χ3v) is 4.80. The first kappa shape index (κ1) is 13.5. The molecule has 1 fully saturated rings. The van der Waals surface area contributed by atoms with Gasteiger partial charge in [0.15, 0.2) is 17.2 Å². The minimum Gasteiger partial charge on any atom is -0.467 e. The van der Waals surface area contributed by atoms with Crippen LogP contribution in [0, 0.1) is 0 Å². The Morgan fingerprint density at radius 3 is 2.88 bits per heavy atom. The number of benzene rings is 2. The summed E-state index contributed by atoms with van der Waals surface area (Å²) in [5.74, 6) is 2.14. The van der Waals surface area contributed by atoms with Crippen LogP contribution in [0.2, 0.25) is 0 Å². The highest BCUT2D eigenvalue weighted by Gasteiger charge is 2.49. The van der Waals surface area contributed by atoms with Crippen LogP contribution in [-0.4, -0.2) is 18.5 Å². The first-order chi connectivity index (χ1) is 11.6. The van der Waals surface area contributed by atoms with Gasteiger partial charge in [0.05, 0.1) is 11.7 Å². The average molecular weight is 324 g/mol. The van der Waals surface area contributed by atoms with E-state index < -0.39 is 5.72 Å². The lowest BCUT2D eigenvalue weighted by molar-refractivity contribution is 0.0378. The molecule has 0 saturated carbocycles. The van der Waals surface area contributed by atoms with Gasteiger partial charge < -0.3 is 19.5 Å². The van der Waals surface area contributed by atoms with Gasteiger partial charge in [0.2, 0.25) is 6.79 Å². The highest BCUT2D eigenvalue weighted by atomic mass is 16.7. The van der Waals surface area contributed by atoms with Crippen LogP contribution >= 0.6 is 0 Å². The van der Waals surface area contributed by atoms with Crippen LogP contribution in [0.15, 0.2) is 42.5 Å². The molecular weight excluding hydrogens is 308 g/mol. The summed E-state index contributed by atoms with van der Waals surface area (Å²) in [5, 5.41) is 3.08. The molecule has 2 aromatic rings. The molecule has 6 nitrogen and oxygen atoms in total. The fraction of sp³-hybridized carbons (Fsp3) is 0.278.